The van der Waals surface area contributed by atoms with E-state index in [9.17, 15) is 8.42 Å². The van der Waals surface area contributed by atoms with Crippen LogP contribution in [-0.2, 0) is 21.4 Å². The van der Waals surface area contributed by atoms with Crippen LogP contribution < -0.4 is 5.14 Å². The van der Waals surface area contributed by atoms with E-state index in [1.54, 1.807) is 0 Å². The van der Waals surface area contributed by atoms with Gasteiger partial charge in [0.25, 0.3) is 0 Å². The highest BCUT2D eigenvalue weighted by molar-refractivity contribution is 7.89. The molecule has 0 aliphatic rings. The molecule has 0 amide bonds. The largest absolute Gasteiger partial charge is 0.377 e. The normalized spacial score (nSPS) is 13.4. The molecule has 0 spiro atoms. The van der Waals surface area contributed by atoms with Gasteiger partial charge in [-0.25, -0.2) is 13.6 Å². The van der Waals surface area contributed by atoms with Crippen molar-refractivity contribution in [2.45, 2.75) is 26.4 Å². The summed E-state index contributed by atoms with van der Waals surface area (Å²) in [5, 5.41) is 5.66. The Morgan fingerprint density at radius 3 is 2.63 bits per heavy atom. The highest BCUT2D eigenvalue weighted by Crippen LogP contribution is 2.16. The fraction of sp³-hybridized carbons (Fsp3) is 0.538. The molecule has 0 bridgehead atoms. The van der Waals surface area contributed by atoms with E-state index < -0.39 is 10.0 Å². The minimum atomic E-state index is -3.36. The predicted octanol–water partition coefficient (Wildman–Crippen LogP) is 2.56. The molecule has 0 saturated heterocycles. The summed E-state index contributed by atoms with van der Waals surface area (Å²) in [6.07, 6.45) is 1.37. The molecular formula is C13H20ClNO3S. The van der Waals surface area contributed by atoms with Crippen molar-refractivity contribution >= 4 is 21.6 Å². The number of hydrogen-bond acceptors (Lipinski definition) is 3. The topological polar surface area (TPSA) is 69.4 Å². The van der Waals surface area contributed by atoms with Crippen molar-refractivity contribution < 1.29 is 13.2 Å². The Balaban J connectivity index is 2.19. The molecule has 0 heterocycles. The van der Waals surface area contributed by atoms with E-state index >= 15 is 0 Å². The van der Waals surface area contributed by atoms with Crippen molar-refractivity contribution in [2.24, 2.45) is 11.1 Å². The van der Waals surface area contributed by atoms with E-state index in [1.165, 1.54) is 0 Å². The molecule has 108 valence electrons. The number of rotatable bonds is 8. The van der Waals surface area contributed by atoms with Crippen LogP contribution in [0.1, 0.15) is 25.3 Å². The van der Waals surface area contributed by atoms with E-state index in [0.717, 1.165) is 12.0 Å². The second kappa shape index (κ2) is 7.85. The third-order valence-electron chi connectivity index (χ3n) is 2.87. The SMILES string of the molecule is CC(CCOCc1ccccc1Cl)CCS(N)(=O)=O. The quantitative estimate of drug-likeness (QED) is 0.750. The van der Waals surface area contributed by atoms with E-state index in [4.69, 9.17) is 21.5 Å². The molecule has 0 radical (unpaired) electrons. The lowest BCUT2D eigenvalue weighted by molar-refractivity contribution is 0.108. The van der Waals surface area contributed by atoms with Gasteiger partial charge in [-0.05, 0) is 30.4 Å². The molecule has 4 nitrogen and oxygen atoms in total. The number of ether oxygens (including phenoxy) is 1. The van der Waals surface area contributed by atoms with E-state index in [-0.39, 0.29) is 11.7 Å². The molecule has 1 atom stereocenters. The zero-order chi connectivity index (χ0) is 14.3. The van der Waals surface area contributed by atoms with E-state index in [1.807, 2.05) is 31.2 Å². The molecule has 1 rings (SSSR count). The van der Waals surface area contributed by atoms with Crippen LogP contribution in [0.5, 0.6) is 0 Å². The molecule has 1 unspecified atom stereocenters. The van der Waals surface area contributed by atoms with Gasteiger partial charge in [-0.3, -0.25) is 0 Å². The van der Waals surface area contributed by atoms with E-state index in [2.05, 4.69) is 0 Å². The Hall–Kier alpha value is -0.620. The molecule has 0 aliphatic heterocycles. The number of halogens is 1. The molecule has 0 fully saturated rings. The molecule has 1 aromatic carbocycles. The summed E-state index contributed by atoms with van der Waals surface area (Å²) in [4.78, 5) is 0. The molecular weight excluding hydrogens is 286 g/mol. The number of nitrogens with two attached hydrogens (primary N) is 1. The monoisotopic (exact) mass is 305 g/mol. The molecule has 6 heteroatoms. The average Bonchev–Trinajstić information content (AvgIpc) is 2.33. The molecule has 19 heavy (non-hydrogen) atoms. The number of primary sulfonamides is 1. The lowest BCUT2D eigenvalue weighted by Gasteiger charge is -2.11. The van der Waals surface area contributed by atoms with Crippen LogP contribution in [0.2, 0.25) is 5.02 Å². The Morgan fingerprint density at radius 1 is 1.32 bits per heavy atom. The minimum absolute atomic E-state index is 0.0265. The van der Waals surface area contributed by atoms with Gasteiger partial charge in [0.1, 0.15) is 0 Å². The predicted molar refractivity (Wildman–Crippen MR) is 77.5 cm³/mol. The Morgan fingerprint density at radius 2 is 2.00 bits per heavy atom. The summed E-state index contributed by atoms with van der Waals surface area (Å²) < 4.78 is 27.2. The maximum Gasteiger partial charge on any atom is 0.209 e. The third-order valence-corrected chi connectivity index (χ3v) is 4.04. The minimum Gasteiger partial charge on any atom is -0.377 e. The van der Waals surface area contributed by atoms with Crippen LogP contribution in [0.25, 0.3) is 0 Å². The van der Waals surface area contributed by atoms with Gasteiger partial charge in [0, 0.05) is 11.6 Å². The summed E-state index contributed by atoms with van der Waals surface area (Å²) in [7, 11) is -3.36. The van der Waals surface area contributed by atoms with Crippen molar-refractivity contribution in [3.05, 3.63) is 34.9 Å². The molecule has 0 saturated carbocycles. The zero-order valence-electron chi connectivity index (χ0n) is 11.0. The van der Waals surface area contributed by atoms with Crippen molar-refractivity contribution in [1.82, 2.24) is 0 Å². The second-order valence-electron chi connectivity index (χ2n) is 4.69. The molecule has 1 aromatic rings. The standard InChI is InChI=1S/C13H20ClNO3S/c1-11(7-9-19(15,16)17)6-8-18-10-12-4-2-3-5-13(12)14/h2-5,11H,6-10H2,1H3,(H2,15,16,17). The smallest absolute Gasteiger partial charge is 0.209 e. The zero-order valence-corrected chi connectivity index (χ0v) is 12.6. The third kappa shape index (κ3) is 7.52. The first-order valence-corrected chi connectivity index (χ1v) is 8.29. The van der Waals surface area contributed by atoms with Crippen LogP contribution in [0.4, 0.5) is 0 Å². The van der Waals surface area contributed by atoms with Gasteiger partial charge in [0.2, 0.25) is 10.0 Å². The van der Waals surface area contributed by atoms with Crippen LogP contribution >= 0.6 is 11.6 Å². The fourth-order valence-electron chi connectivity index (χ4n) is 1.59. The molecule has 0 aromatic heterocycles. The van der Waals surface area contributed by atoms with Crippen molar-refractivity contribution in [3.63, 3.8) is 0 Å². The van der Waals surface area contributed by atoms with Gasteiger partial charge in [-0.15, -0.1) is 0 Å². The number of sulfonamides is 1. The van der Waals surface area contributed by atoms with Gasteiger partial charge in [-0.1, -0.05) is 36.7 Å². The van der Waals surface area contributed by atoms with Gasteiger partial charge in [-0.2, -0.15) is 0 Å². The fourth-order valence-corrected chi connectivity index (χ4v) is 2.51. The van der Waals surface area contributed by atoms with E-state index in [0.29, 0.717) is 24.7 Å². The van der Waals surface area contributed by atoms with Gasteiger partial charge < -0.3 is 4.74 Å². The van der Waals surface area contributed by atoms with Gasteiger partial charge in [0.05, 0.1) is 12.4 Å². The first kappa shape index (κ1) is 16.4. The number of benzene rings is 1. The van der Waals surface area contributed by atoms with Crippen molar-refractivity contribution in [1.29, 1.82) is 0 Å². The maximum absolute atomic E-state index is 10.8. The lowest BCUT2D eigenvalue weighted by atomic mass is 10.1. The highest BCUT2D eigenvalue weighted by atomic mass is 35.5. The maximum atomic E-state index is 10.8. The highest BCUT2D eigenvalue weighted by Gasteiger charge is 2.08. The van der Waals surface area contributed by atoms with Crippen LogP contribution in [-0.4, -0.2) is 20.8 Å². The van der Waals surface area contributed by atoms with Gasteiger partial charge in [0.15, 0.2) is 0 Å². The Kier molecular flexibility index (Phi) is 6.79. The van der Waals surface area contributed by atoms with Gasteiger partial charge >= 0.3 is 0 Å². The summed E-state index contributed by atoms with van der Waals surface area (Å²) in [5.74, 6) is 0.295. The first-order chi connectivity index (χ1) is 8.88. The Bertz CT molecular complexity index is 490. The van der Waals surface area contributed by atoms with Crippen LogP contribution in [0, 0.1) is 5.92 Å². The van der Waals surface area contributed by atoms with Crippen molar-refractivity contribution in [3.8, 4) is 0 Å². The Labute approximate surface area is 120 Å². The van der Waals surface area contributed by atoms with Crippen LogP contribution in [0.15, 0.2) is 24.3 Å². The second-order valence-corrected chi connectivity index (χ2v) is 6.83. The average molecular weight is 306 g/mol. The van der Waals surface area contributed by atoms with Crippen LogP contribution in [0.3, 0.4) is 0 Å². The molecule has 2 N–H and O–H groups in total. The number of hydrogen-bond donors (Lipinski definition) is 1. The first-order valence-electron chi connectivity index (χ1n) is 6.20. The summed E-state index contributed by atoms with van der Waals surface area (Å²) in [6, 6.07) is 7.54. The summed E-state index contributed by atoms with van der Waals surface area (Å²) >= 11 is 6.01. The summed E-state index contributed by atoms with van der Waals surface area (Å²) in [6.45, 7) is 3.04. The molecule has 0 aliphatic carbocycles. The lowest BCUT2D eigenvalue weighted by Crippen LogP contribution is -2.18. The van der Waals surface area contributed by atoms with Crippen molar-refractivity contribution in [2.75, 3.05) is 12.4 Å². The summed E-state index contributed by atoms with van der Waals surface area (Å²) in [5.41, 5.74) is 0.960.